The van der Waals surface area contributed by atoms with E-state index in [1.54, 1.807) is 0 Å². The van der Waals surface area contributed by atoms with Gasteiger partial charge in [-0.1, -0.05) is 37.2 Å². The highest BCUT2D eigenvalue weighted by Gasteiger charge is 2.06. The van der Waals surface area contributed by atoms with Crippen LogP contribution in [0.4, 0.5) is 0 Å². The van der Waals surface area contributed by atoms with Crippen molar-refractivity contribution in [2.24, 2.45) is 0 Å². The van der Waals surface area contributed by atoms with Gasteiger partial charge in [0.05, 0.1) is 0 Å². The second-order valence-electron chi connectivity index (χ2n) is 4.11. The maximum atomic E-state index is 5.67. The van der Waals surface area contributed by atoms with E-state index in [1.807, 2.05) is 13.0 Å². The Balaban J connectivity index is 2.75. The molecular formula is C14H20ClNO. The standard InChI is InChI=1S/C14H20ClNO/c1-5-16-12(4)13-6-7-14(10(2)8-13)17-9-11(3)15/h6-8,12,16H,3,5,9H2,1-2,4H3. The van der Waals surface area contributed by atoms with E-state index in [0.29, 0.717) is 17.7 Å². The molecule has 0 saturated carbocycles. The van der Waals surface area contributed by atoms with Crippen LogP contribution in [0.25, 0.3) is 0 Å². The van der Waals surface area contributed by atoms with Gasteiger partial charge in [0, 0.05) is 11.1 Å². The number of aryl methyl sites for hydroxylation is 1. The maximum absolute atomic E-state index is 5.67. The first-order valence-corrected chi connectivity index (χ1v) is 6.22. The maximum Gasteiger partial charge on any atom is 0.123 e. The molecule has 1 unspecified atom stereocenters. The summed E-state index contributed by atoms with van der Waals surface area (Å²) in [6, 6.07) is 6.56. The zero-order valence-corrected chi connectivity index (χ0v) is 11.5. The second kappa shape index (κ2) is 6.67. The monoisotopic (exact) mass is 253 g/mol. The van der Waals surface area contributed by atoms with Gasteiger partial charge in [-0.05, 0) is 37.6 Å². The Hall–Kier alpha value is -0.990. The summed E-state index contributed by atoms with van der Waals surface area (Å²) in [6.07, 6.45) is 0. The minimum Gasteiger partial charge on any atom is -0.488 e. The highest BCUT2D eigenvalue weighted by atomic mass is 35.5. The van der Waals surface area contributed by atoms with Gasteiger partial charge in [0.15, 0.2) is 0 Å². The lowest BCUT2D eigenvalue weighted by molar-refractivity contribution is 0.357. The van der Waals surface area contributed by atoms with Crippen LogP contribution in [-0.4, -0.2) is 13.2 Å². The quantitative estimate of drug-likeness (QED) is 0.833. The molecule has 0 saturated heterocycles. The number of nitrogens with one attached hydrogen (secondary N) is 1. The number of halogens is 1. The van der Waals surface area contributed by atoms with Crippen molar-refractivity contribution in [1.82, 2.24) is 5.32 Å². The molecule has 0 heterocycles. The summed E-state index contributed by atoms with van der Waals surface area (Å²) in [5.41, 5.74) is 2.38. The normalized spacial score (nSPS) is 12.2. The van der Waals surface area contributed by atoms with Gasteiger partial charge >= 0.3 is 0 Å². The lowest BCUT2D eigenvalue weighted by atomic mass is 10.1. The van der Waals surface area contributed by atoms with E-state index in [0.717, 1.165) is 17.9 Å². The minimum atomic E-state index is 0.352. The Bertz CT molecular complexity index is 390. The molecule has 1 aromatic rings. The predicted octanol–water partition coefficient (Wildman–Crippen LogP) is 3.80. The van der Waals surface area contributed by atoms with Crippen LogP contribution in [0.1, 0.15) is 31.0 Å². The highest BCUT2D eigenvalue weighted by molar-refractivity contribution is 6.29. The Morgan fingerprint density at radius 1 is 1.53 bits per heavy atom. The van der Waals surface area contributed by atoms with Crippen molar-refractivity contribution in [2.45, 2.75) is 26.8 Å². The topological polar surface area (TPSA) is 21.3 Å². The van der Waals surface area contributed by atoms with Crippen LogP contribution in [0.15, 0.2) is 29.8 Å². The Labute approximate surface area is 109 Å². The fraction of sp³-hybridized carbons (Fsp3) is 0.429. The SMILES string of the molecule is C=C(Cl)COc1ccc(C(C)NCC)cc1C. The zero-order valence-electron chi connectivity index (χ0n) is 10.7. The van der Waals surface area contributed by atoms with Crippen LogP contribution < -0.4 is 10.1 Å². The van der Waals surface area contributed by atoms with Crippen molar-refractivity contribution >= 4 is 11.6 Å². The molecule has 17 heavy (non-hydrogen) atoms. The van der Waals surface area contributed by atoms with Gasteiger partial charge in [0.1, 0.15) is 12.4 Å². The summed E-state index contributed by atoms with van der Waals surface area (Å²) >= 11 is 5.67. The van der Waals surface area contributed by atoms with Crippen molar-refractivity contribution in [1.29, 1.82) is 0 Å². The molecule has 1 rings (SSSR count). The van der Waals surface area contributed by atoms with Crippen molar-refractivity contribution in [2.75, 3.05) is 13.2 Å². The van der Waals surface area contributed by atoms with Crippen molar-refractivity contribution in [3.8, 4) is 5.75 Å². The molecule has 2 nitrogen and oxygen atoms in total. The molecule has 0 bridgehead atoms. The zero-order chi connectivity index (χ0) is 12.8. The van der Waals surface area contributed by atoms with Crippen LogP contribution in [0.3, 0.4) is 0 Å². The lowest BCUT2D eigenvalue weighted by Crippen LogP contribution is -2.17. The molecule has 1 aromatic carbocycles. The summed E-state index contributed by atoms with van der Waals surface area (Å²) in [5.74, 6) is 0.860. The minimum absolute atomic E-state index is 0.352. The average Bonchev–Trinajstić information content (AvgIpc) is 2.27. The van der Waals surface area contributed by atoms with Gasteiger partial charge in [-0.3, -0.25) is 0 Å². The van der Waals surface area contributed by atoms with Gasteiger partial charge in [0.25, 0.3) is 0 Å². The molecule has 94 valence electrons. The average molecular weight is 254 g/mol. The lowest BCUT2D eigenvalue weighted by Gasteiger charge is -2.15. The molecule has 0 radical (unpaired) electrons. The number of hydrogen-bond acceptors (Lipinski definition) is 2. The molecule has 0 aromatic heterocycles. The van der Waals surface area contributed by atoms with Crippen LogP contribution in [0.5, 0.6) is 5.75 Å². The smallest absolute Gasteiger partial charge is 0.123 e. The molecule has 0 amide bonds. The summed E-state index contributed by atoms with van der Waals surface area (Å²) < 4.78 is 5.54. The van der Waals surface area contributed by atoms with Gasteiger partial charge in [-0.15, -0.1) is 0 Å². The Morgan fingerprint density at radius 3 is 2.76 bits per heavy atom. The fourth-order valence-electron chi connectivity index (χ4n) is 1.68. The van der Waals surface area contributed by atoms with Gasteiger partial charge < -0.3 is 10.1 Å². The van der Waals surface area contributed by atoms with Gasteiger partial charge in [-0.2, -0.15) is 0 Å². The third kappa shape index (κ3) is 4.41. The van der Waals surface area contributed by atoms with E-state index in [1.165, 1.54) is 5.56 Å². The van der Waals surface area contributed by atoms with Crippen LogP contribution in [0.2, 0.25) is 0 Å². The first-order chi connectivity index (χ1) is 8.04. The van der Waals surface area contributed by atoms with E-state index in [2.05, 4.69) is 37.9 Å². The predicted molar refractivity (Wildman–Crippen MR) is 73.8 cm³/mol. The second-order valence-corrected chi connectivity index (χ2v) is 4.64. The van der Waals surface area contributed by atoms with Crippen LogP contribution in [0, 0.1) is 6.92 Å². The molecule has 0 aliphatic carbocycles. The number of rotatable bonds is 6. The van der Waals surface area contributed by atoms with Crippen molar-refractivity contribution in [3.05, 3.63) is 40.9 Å². The largest absolute Gasteiger partial charge is 0.488 e. The molecular weight excluding hydrogens is 234 g/mol. The van der Waals surface area contributed by atoms with Crippen LogP contribution in [-0.2, 0) is 0 Å². The van der Waals surface area contributed by atoms with Crippen molar-refractivity contribution < 1.29 is 4.74 Å². The van der Waals surface area contributed by atoms with E-state index >= 15 is 0 Å². The summed E-state index contributed by atoms with van der Waals surface area (Å²) in [5, 5.41) is 3.89. The highest BCUT2D eigenvalue weighted by Crippen LogP contribution is 2.23. The number of benzene rings is 1. The molecule has 0 aliphatic rings. The molecule has 0 aliphatic heterocycles. The Kier molecular flexibility index (Phi) is 5.52. The van der Waals surface area contributed by atoms with Crippen molar-refractivity contribution in [3.63, 3.8) is 0 Å². The first-order valence-electron chi connectivity index (χ1n) is 5.84. The molecule has 1 atom stereocenters. The third-order valence-corrected chi connectivity index (χ3v) is 2.70. The van der Waals surface area contributed by atoms with E-state index < -0.39 is 0 Å². The van der Waals surface area contributed by atoms with Gasteiger partial charge in [0.2, 0.25) is 0 Å². The van der Waals surface area contributed by atoms with E-state index in [-0.39, 0.29) is 0 Å². The van der Waals surface area contributed by atoms with E-state index in [9.17, 15) is 0 Å². The first kappa shape index (κ1) is 14.1. The summed E-state index contributed by atoms with van der Waals surface area (Å²) in [4.78, 5) is 0. The molecule has 1 N–H and O–H groups in total. The number of hydrogen-bond donors (Lipinski definition) is 1. The number of ether oxygens (including phenoxy) is 1. The Morgan fingerprint density at radius 2 is 2.24 bits per heavy atom. The molecule has 3 heteroatoms. The summed E-state index contributed by atoms with van der Waals surface area (Å²) in [6.45, 7) is 11.2. The van der Waals surface area contributed by atoms with Gasteiger partial charge in [-0.25, -0.2) is 0 Å². The summed E-state index contributed by atoms with van der Waals surface area (Å²) in [7, 11) is 0. The molecule has 0 fully saturated rings. The van der Waals surface area contributed by atoms with E-state index in [4.69, 9.17) is 16.3 Å². The molecule has 0 spiro atoms. The third-order valence-electron chi connectivity index (χ3n) is 2.59. The fourth-order valence-corrected chi connectivity index (χ4v) is 1.74. The van der Waals surface area contributed by atoms with Crippen LogP contribution >= 0.6 is 11.6 Å².